The summed E-state index contributed by atoms with van der Waals surface area (Å²) in [4.78, 5) is 5.34. The molecule has 3 nitrogen and oxygen atoms in total. The Bertz CT molecular complexity index is 420. The van der Waals surface area contributed by atoms with E-state index in [1.54, 1.807) is 0 Å². The van der Waals surface area contributed by atoms with Crippen LogP contribution in [0.2, 0.25) is 0 Å². The summed E-state index contributed by atoms with van der Waals surface area (Å²) >= 11 is 4.97. The van der Waals surface area contributed by atoms with Gasteiger partial charge in [0, 0.05) is 18.2 Å². The van der Waals surface area contributed by atoms with Gasteiger partial charge in [0.15, 0.2) is 0 Å². The van der Waals surface area contributed by atoms with Crippen molar-refractivity contribution in [2.45, 2.75) is 25.4 Å². The Morgan fingerprint density at radius 2 is 1.84 bits per heavy atom. The molecule has 0 radical (unpaired) electrons. The van der Waals surface area contributed by atoms with Crippen LogP contribution < -0.4 is 5.73 Å². The zero-order valence-corrected chi connectivity index (χ0v) is 12.6. The fourth-order valence-corrected chi connectivity index (χ4v) is 2.76. The van der Waals surface area contributed by atoms with Crippen LogP contribution in [0.1, 0.15) is 24.0 Å². The molecule has 19 heavy (non-hydrogen) atoms. The van der Waals surface area contributed by atoms with Crippen LogP contribution in [0.15, 0.2) is 24.3 Å². The lowest BCUT2D eigenvalue weighted by Gasteiger charge is -2.35. The van der Waals surface area contributed by atoms with Gasteiger partial charge in [0.25, 0.3) is 0 Å². The summed E-state index contributed by atoms with van der Waals surface area (Å²) in [7, 11) is 4.35. The maximum Gasteiger partial charge on any atom is 0.103 e. The van der Waals surface area contributed by atoms with Gasteiger partial charge in [-0.25, -0.2) is 0 Å². The number of rotatable bonds is 4. The first-order valence-corrected chi connectivity index (χ1v) is 7.24. The van der Waals surface area contributed by atoms with Gasteiger partial charge in [-0.15, -0.1) is 0 Å². The van der Waals surface area contributed by atoms with E-state index in [2.05, 4.69) is 36.0 Å². The molecule has 0 aliphatic carbocycles. The number of nitrogens with two attached hydrogens (primary N) is 1. The third kappa shape index (κ3) is 4.00. The normalized spacial score (nSPS) is 17.8. The summed E-state index contributed by atoms with van der Waals surface area (Å²) < 4.78 is 0. The van der Waals surface area contributed by atoms with Crippen molar-refractivity contribution in [3.05, 3.63) is 35.4 Å². The number of benzene rings is 1. The molecule has 0 saturated carbocycles. The Labute approximate surface area is 121 Å². The van der Waals surface area contributed by atoms with Crippen LogP contribution in [0.4, 0.5) is 0 Å². The highest BCUT2D eigenvalue weighted by molar-refractivity contribution is 7.80. The third-order valence-electron chi connectivity index (χ3n) is 3.93. The lowest BCUT2D eigenvalue weighted by atomic mass is 10.0. The van der Waals surface area contributed by atoms with Gasteiger partial charge in [-0.1, -0.05) is 36.5 Å². The van der Waals surface area contributed by atoms with E-state index in [0.29, 0.717) is 4.99 Å². The lowest BCUT2D eigenvalue weighted by Crippen LogP contribution is -2.41. The van der Waals surface area contributed by atoms with Crippen molar-refractivity contribution in [2.24, 2.45) is 5.73 Å². The predicted molar refractivity (Wildman–Crippen MR) is 84.3 cm³/mol. The average Bonchev–Trinajstić information content (AvgIpc) is 2.40. The molecule has 1 aliphatic rings. The summed E-state index contributed by atoms with van der Waals surface area (Å²) in [6, 6.07) is 9.04. The molecule has 1 aromatic rings. The van der Waals surface area contributed by atoms with Gasteiger partial charge in [-0.3, -0.25) is 4.90 Å². The van der Waals surface area contributed by atoms with Gasteiger partial charge in [0.1, 0.15) is 4.99 Å². The van der Waals surface area contributed by atoms with Gasteiger partial charge in [-0.2, -0.15) is 0 Å². The standard InChI is InChI=1S/C15H23N3S/c1-17(2)14-7-9-18(10-8-14)11-12-3-5-13(6-4-12)15(16)19/h3-6,14H,7-11H2,1-2H3,(H2,16,19). The molecular weight excluding hydrogens is 254 g/mol. The molecule has 0 atom stereocenters. The van der Waals surface area contributed by atoms with Crippen LogP contribution in [-0.4, -0.2) is 48.0 Å². The number of likely N-dealkylation sites (tertiary alicyclic amines) is 1. The molecule has 0 spiro atoms. The van der Waals surface area contributed by atoms with Crippen molar-refractivity contribution in [3.63, 3.8) is 0 Å². The largest absolute Gasteiger partial charge is 0.389 e. The van der Waals surface area contributed by atoms with Crippen LogP contribution in [-0.2, 0) is 6.54 Å². The Balaban J connectivity index is 1.87. The van der Waals surface area contributed by atoms with E-state index in [4.69, 9.17) is 18.0 Å². The highest BCUT2D eigenvalue weighted by Crippen LogP contribution is 2.16. The maximum atomic E-state index is 5.61. The molecule has 4 heteroatoms. The highest BCUT2D eigenvalue weighted by Gasteiger charge is 2.20. The lowest BCUT2D eigenvalue weighted by molar-refractivity contribution is 0.140. The topological polar surface area (TPSA) is 32.5 Å². The SMILES string of the molecule is CN(C)C1CCN(Cc2ccc(C(N)=S)cc2)CC1. The van der Waals surface area contributed by atoms with Crippen molar-refractivity contribution in [2.75, 3.05) is 27.2 Å². The van der Waals surface area contributed by atoms with E-state index in [9.17, 15) is 0 Å². The van der Waals surface area contributed by atoms with Crippen molar-refractivity contribution in [1.82, 2.24) is 9.80 Å². The highest BCUT2D eigenvalue weighted by atomic mass is 32.1. The van der Waals surface area contributed by atoms with E-state index in [-0.39, 0.29) is 0 Å². The van der Waals surface area contributed by atoms with Crippen molar-refractivity contribution in [3.8, 4) is 0 Å². The Kier molecular flexibility index (Phi) is 4.91. The zero-order valence-electron chi connectivity index (χ0n) is 11.8. The Morgan fingerprint density at radius 3 is 2.32 bits per heavy atom. The first-order valence-electron chi connectivity index (χ1n) is 6.84. The number of thiocarbonyl (C=S) groups is 1. The van der Waals surface area contributed by atoms with Crippen molar-refractivity contribution < 1.29 is 0 Å². The summed E-state index contributed by atoms with van der Waals surface area (Å²) in [5.41, 5.74) is 7.89. The first-order chi connectivity index (χ1) is 9.06. The quantitative estimate of drug-likeness (QED) is 0.851. The molecule has 1 saturated heterocycles. The second kappa shape index (κ2) is 6.46. The van der Waals surface area contributed by atoms with Gasteiger partial charge >= 0.3 is 0 Å². The number of piperidine rings is 1. The van der Waals surface area contributed by atoms with Crippen LogP contribution in [0.5, 0.6) is 0 Å². The van der Waals surface area contributed by atoms with Crippen LogP contribution in [0.25, 0.3) is 0 Å². The molecule has 0 aromatic heterocycles. The smallest absolute Gasteiger partial charge is 0.103 e. The van der Waals surface area contributed by atoms with E-state index in [0.717, 1.165) is 18.2 Å². The van der Waals surface area contributed by atoms with Crippen molar-refractivity contribution >= 4 is 17.2 Å². The van der Waals surface area contributed by atoms with Gasteiger partial charge < -0.3 is 10.6 Å². The van der Waals surface area contributed by atoms with Gasteiger partial charge in [-0.05, 0) is 45.6 Å². The molecule has 1 fully saturated rings. The minimum Gasteiger partial charge on any atom is -0.389 e. The molecule has 0 bridgehead atoms. The predicted octanol–water partition coefficient (Wildman–Crippen LogP) is 1.85. The fraction of sp³-hybridized carbons (Fsp3) is 0.533. The summed E-state index contributed by atoms with van der Waals surface area (Å²) in [6.07, 6.45) is 2.52. The molecule has 1 aromatic carbocycles. The van der Waals surface area contributed by atoms with Crippen LogP contribution >= 0.6 is 12.2 Å². The summed E-state index contributed by atoms with van der Waals surface area (Å²) in [5.74, 6) is 0. The average molecular weight is 277 g/mol. The van der Waals surface area contributed by atoms with Crippen molar-refractivity contribution in [1.29, 1.82) is 0 Å². The third-order valence-corrected chi connectivity index (χ3v) is 4.17. The molecular formula is C15H23N3S. The second-order valence-electron chi connectivity index (χ2n) is 5.53. The molecule has 1 aliphatic heterocycles. The maximum absolute atomic E-state index is 5.61. The zero-order chi connectivity index (χ0) is 13.8. The summed E-state index contributed by atoms with van der Waals surface area (Å²) in [5, 5.41) is 0. The Hall–Kier alpha value is -0.970. The van der Waals surface area contributed by atoms with Gasteiger partial charge in [0.2, 0.25) is 0 Å². The molecule has 104 valence electrons. The fourth-order valence-electron chi connectivity index (χ4n) is 2.63. The summed E-state index contributed by atoms with van der Waals surface area (Å²) in [6.45, 7) is 3.39. The van der Waals surface area contributed by atoms with E-state index < -0.39 is 0 Å². The van der Waals surface area contributed by atoms with Crippen LogP contribution in [0.3, 0.4) is 0 Å². The van der Waals surface area contributed by atoms with E-state index >= 15 is 0 Å². The Morgan fingerprint density at radius 1 is 1.26 bits per heavy atom. The molecule has 1 heterocycles. The molecule has 2 rings (SSSR count). The van der Waals surface area contributed by atoms with Crippen LogP contribution in [0, 0.1) is 0 Å². The molecule has 0 unspecified atom stereocenters. The van der Waals surface area contributed by atoms with E-state index in [1.807, 2.05) is 12.1 Å². The molecule has 0 amide bonds. The monoisotopic (exact) mass is 277 g/mol. The molecule has 2 N–H and O–H groups in total. The first kappa shape index (κ1) is 14.4. The number of hydrogen-bond donors (Lipinski definition) is 1. The number of nitrogens with zero attached hydrogens (tertiary/aromatic N) is 2. The van der Waals surface area contributed by atoms with Gasteiger partial charge in [0.05, 0.1) is 0 Å². The minimum atomic E-state index is 0.471. The number of hydrogen-bond acceptors (Lipinski definition) is 3. The minimum absolute atomic E-state index is 0.471. The van der Waals surface area contributed by atoms with E-state index in [1.165, 1.54) is 31.5 Å². The second-order valence-corrected chi connectivity index (χ2v) is 5.97.